The molecule has 9 nitrogen and oxygen atoms in total. The van der Waals surface area contributed by atoms with Crippen LogP contribution in [0.25, 0.3) is 0 Å². The molecule has 0 aliphatic heterocycles. The van der Waals surface area contributed by atoms with Crippen molar-refractivity contribution in [2.24, 2.45) is 17.6 Å². The number of hydrogen-bond acceptors (Lipinski definition) is 7. The molecule has 2 saturated carbocycles. The first kappa shape index (κ1) is 40.9. The van der Waals surface area contributed by atoms with Gasteiger partial charge in [-0.3, -0.25) is 9.59 Å². The van der Waals surface area contributed by atoms with Crippen LogP contribution in [0.5, 0.6) is 0 Å². The summed E-state index contributed by atoms with van der Waals surface area (Å²) in [5.74, 6) is -4.07. The molecular weight excluding hydrogens is 602 g/mol. The molecule has 0 saturated heterocycles. The van der Waals surface area contributed by atoms with Crippen LogP contribution in [0.2, 0.25) is 0 Å². The molecule has 0 bridgehead atoms. The highest BCUT2D eigenvalue weighted by Crippen LogP contribution is 2.38. The van der Waals surface area contributed by atoms with E-state index in [2.05, 4.69) is 5.32 Å². The van der Waals surface area contributed by atoms with Crippen molar-refractivity contribution in [2.75, 3.05) is 0 Å². The Balaban J connectivity index is 0.000000635. The minimum absolute atomic E-state index is 0. The van der Waals surface area contributed by atoms with E-state index in [0.29, 0.717) is 12.8 Å². The van der Waals surface area contributed by atoms with Crippen LogP contribution in [0.4, 0.5) is 31.1 Å². The van der Waals surface area contributed by atoms with Crippen molar-refractivity contribution in [3.05, 3.63) is 35.9 Å². The number of aliphatic hydroxyl groups is 1. The Hall–Kier alpha value is -3.07. The molecule has 2 aliphatic carbocycles. The molecule has 1 aromatic rings. The Morgan fingerprint density at radius 3 is 1.75 bits per heavy atom. The van der Waals surface area contributed by atoms with Crippen molar-refractivity contribution < 1.29 is 60.4 Å². The monoisotopic (exact) mass is 646 g/mol. The summed E-state index contributed by atoms with van der Waals surface area (Å²) in [6, 6.07) is 7.47. The van der Waals surface area contributed by atoms with E-state index in [4.69, 9.17) is 25.4 Å². The summed E-state index contributed by atoms with van der Waals surface area (Å²) >= 11 is 0. The van der Waals surface area contributed by atoms with Gasteiger partial charge in [-0.25, -0.2) is 4.79 Å². The number of nitrogens with two attached hydrogens (primary N) is 1. The fourth-order valence-corrected chi connectivity index (χ4v) is 4.19. The molecule has 0 heterocycles. The van der Waals surface area contributed by atoms with Gasteiger partial charge in [-0.1, -0.05) is 37.8 Å². The lowest BCUT2D eigenvalue weighted by Crippen LogP contribution is -2.38. The molecule has 0 aromatic heterocycles. The summed E-state index contributed by atoms with van der Waals surface area (Å²) in [6.07, 6.45) is -8.48. The third kappa shape index (κ3) is 16.7. The molecule has 0 radical (unpaired) electrons. The van der Waals surface area contributed by atoms with Gasteiger partial charge in [-0.15, -0.1) is 0 Å². The van der Waals surface area contributed by atoms with Gasteiger partial charge >= 0.3 is 30.4 Å². The molecule has 254 valence electrons. The first-order chi connectivity index (χ1) is 19.9. The van der Waals surface area contributed by atoms with E-state index in [0.717, 1.165) is 5.56 Å². The number of nitrogens with one attached hydrogen (secondary N) is 1. The van der Waals surface area contributed by atoms with Gasteiger partial charge in [0.2, 0.25) is 0 Å². The molecule has 0 unspecified atom stereocenters. The van der Waals surface area contributed by atoms with Crippen LogP contribution in [0, 0.1) is 11.8 Å². The Labute approximate surface area is 253 Å². The summed E-state index contributed by atoms with van der Waals surface area (Å²) < 4.78 is 82.8. The molecule has 2 fully saturated rings. The topological polar surface area (TPSA) is 148 Å². The first-order valence-electron chi connectivity index (χ1n) is 13.9. The highest BCUT2D eigenvalue weighted by atomic mass is 19.4. The maximum absolute atomic E-state index is 12.3. The summed E-state index contributed by atoms with van der Waals surface area (Å²) in [4.78, 5) is 32.7. The van der Waals surface area contributed by atoms with E-state index in [1.54, 1.807) is 0 Å². The number of rotatable bonds is 6. The maximum atomic E-state index is 12.3. The molecule has 1 amide bonds. The zero-order chi connectivity index (χ0) is 32.8. The number of aliphatic hydroxyl groups excluding tert-OH is 1. The fraction of sp³-hybridized carbons (Fsp3) is 0.690. The molecule has 5 N–H and O–H groups in total. The number of alkyl carbamates (subject to hydrolysis) is 1. The number of carbonyl (C=O) groups excluding carboxylic acids is 2. The quantitative estimate of drug-likeness (QED) is 0.214. The third-order valence-electron chi connectivity index (χ3n) is 6.87. The number of halogens is 6. The number of carboxylic acids is 1. The minimum Gasteiger partial charge on any atom is -0.480 e. The average molecular weight is 647 g/mol. The SMILES string of the molecule is C.C[C@@H](N)C(=O)OC1CCC(C(F)(F)F)CC1.C[C@@H](NC(=O)OCc1ccccc1)C(=O)O.OC1CCC(C(F)(F)F)CC1. The lowest BCUT2D eigenvalue weighted by atomic mass is 9.87. The van der Waals surface area contributed by atoms with Gasteiger partial charge in [0.25, 0.3) is 0 Å². The highest BCUT2D eigenvalue weighted by Gasteiger charge is 2.42. The van der Waals surface area contributed by atoms with Gasteiger partial charge in [-0.2, -0.15) is 26.3 Å². The van der Waals surface area contributed by atoms with E-state index in [-0.39, 0.29) is 52.6 Å². The lowest BCUT2D eigenvalue weighted by molar-refractivity contribution is -0.189. The van der Waals surface area contributed by atoms with Crippen LogP contribution >= 0.6 is 0 Å². The highest BCUT2D eigenvalue weighted by molar-refractivity contribution is 5.79. The number of ether oxygens (including phenoxy) is 2. The third-order valence-corrected chi connectivity index (χ3v) is 6.87. The van der Waals surface area contributed by atoms with Crippen LogP contribution in [0.1, 0.15) is 78.2 Å². The molecule has 15 heteroatoms. The van der Waals surface area contributed by atoms with Gasteiger partial charge in [0.05, 0.1) is 17.9 Å². The van der Waals surface area contributed by atoms with Crippen molar-refractivity contribution >= 4 is 18.0 Å². The largest absolute Gasteiger partial charge is 0.480 e. The summed E-state index contributed by atoms with van der Waals surface area (Å²) in [6.45, 7) is 2.98. The molecule has 2 atom stereocenters. The van der Waals surface area contributed by atoms with Crippen molar-refractivity contribution in [2.45, 2.75) is 116 Å². The lowest BCUT2D eigenvalue weighted by Gasteiger charge is -2.29. The van der Waals surface area contributed by atoms with E-state index in [9.17, 15) is 40.7 Å². The number of esters is 1. The molecule has 44 heavy (non-hydrogen) atoms. The number of benzene rings is 1. The van der Waals surface area contributed by atoms with Gasteiger partial charge in [0, 0.05) is 0 Å². The molecule has 1 aromatic carbocycles. The number of amides is 1. The Morgan fingerprint density at radius 1 is 0.886 bits per heavy atom. The van der Waals surface area contributed by atoms with E-state index < -0.39 is 66.5 Å². The Morgan fingerprint density at radius 2 is 1.34 bits per heavy atom. The van der Waals surface area contributed by atoms with E-state index in [1.165, 1.54) is 13.8 Å². The van der Waals surface area contributed by atoms with Crippen molar-refractivity contribution in [1.29, 1.82) is 0 Å². The molecular formula is C29H44F6N2O7. The second kappa shape index (κ2) is 19.3. The Kier molecular flexibility index (Phi) is 18.0. The van der Waals surface area contributed by atoms with E-state index >= 15 is 0 Å². The van der Waals surface area contributed by atoms with E-state index in [1.807, 2.05) is 30.3 Å². The maximum Gasteiger partial charge on any atom is 0.408 e. The summed E-state index contributed by atoms with van der Waals surface area (Å²) in [5.41, 5.74) is 6.14. The van der Waals surface area contributed by atoms with Gasteiger partial charge < -0.3 is 30.7 Å². The summed E-state index contributed by atoms with van der Waals surface area (Å²) in [5, 5.41) is 19.7. The normalized spacial score (nSPS) is 23.0. The second-order valence-electron chi connectivity index (χ2n) is 10.6. The zero-order valence-corrected chi connectivity index (χ0v) is 24.0. The number of aliphatic carboxylic acids is 1. The summed E-state index contributed by atoms with van der Waals surface area (Å²) in [7, 11) is 0. The number of carboxylic acid groups (broad SMARTS) is 1. The van der Waals surface area contributed by atoms with Crippen molar-refractivity contribution in [3.63, 3.8) is 0 Å². The molecule has 3 rings (SSSR count). The molecule has 2 aliphatic rings. The van der Waals surface area contributed by atoms with Crippen molar-refractivity contribution in [1.82, 2.24) is 5.32 Å². The predicted octanol–water partition coefficient (Wildman–Crippen LogP) is 6.12. The Bertz CT molecular complexity index is 977. The number of hydrogen-bond donors (Lipinski definition) is 4. The average Bonchev–Trinajstić information content (AvgIpc) is 2.92. The first-order valence-corrected chi connectivity index (χ1v) is 13.9. The smallest absolute Gasteiger partial charge is 0.408 e. The van der Waals surface area contributed by atoms with Gasteiger partial charge in [0.15, 0.2) is 0 Å². The fourth-order valence-electron chi connectivity index (χ4n) is 4.19. The van der Waals surface area contributed by atoms with Crippen LogP contribution in [0.15, 0.2) is 30.3 Å². The standard InChI is InChI=1S/C11H13NO4.C10H16F3NO2.C7H11F3O.CH4/c1-8(10(13)14)12-11(15)16-7-9-5-3-2-4-6-9;1-6(14)9(15)16-8-4-2-7(3-5-8)10(11,12)13;8-7(9,10)5-1-3-6(11)4-2-5;/h2-6,8H,7H2,1H3,(H,12,15)(H,13,14);6-8H,2-5,14H2,1H3;5-6,11H,1-4H2;1H4/t8-;6-,7?,8?;;/m11../s1. The molecule has 0 spiro atoms. The minimum atomic E-state index is -4.13. The predicted molar refractivity (Wildman–Crippen MR) is 149 cm³/mol. The van der Waals surface area contributed by atoms with Crippen LogP contribution in [0.3, 0.4) is 0 Å². The number of carbonyl (C=O) groups is 3. The van der Waals surface area contributed by atoms with Crippen LogP contribution < -0.4 is 11.1 Å². The number of alkyl halides is 6. The van der Waals surface area contributed by atoms with Crippen LogP contribution in [-0.4, -0.2) is 64.9 Å². The van der Waals surface area contributed by atoms with Crippen molar-refractivity contribution in [3.8, 4) is 0 Å². The second-order valence-corrected chi connectivity index (χ2v) is 10.6. The van der Waals surface area contributed by atoms with Crippen LogP contribution in [-0.2, 0) is 25.7 Å². The van der Waals surface area contributed by atoms with Gasteiger partial charge in [-0.05, 0) is 70.8 Å². The zero-order valence-electron chi connectivity index (χ0n) is 24.0. The van der Waals surface area contributed by atoms with Gasteiger partial charge in [0.1, 0.15) is 24.8 Å².